The van der Waals surface area contributed by atoms with Crippen molar-refractivity contribution in [1.82, 2.24) is 0 Å². The smallest absolute Gasteiger partial charge is 0.134 e. The number of ether oxygens (including phenoxy) is 1. The van der Waals surface area contributed by atoms with E-state index in [9.17, 15) is 4.39 Å². The van der Waals surface area contributed by atoms with Crippen LogP contribution in [0.2, 0.25) is 0 Å². The van der Waals surface area contributed by atoms with Crippen LogP contribution in [0.3, 0.4) is 0 Å². The third kappa shape index (κ3) is 5.29. The van der Waals surface area contributed by atoms with Crippen LogP contribution in [0.4, 0.5) is 4.39 Å². The summed E-state index contributed by atoms with van der Waals surface area (Å²) in [5.74, 6) is 3.58. The Morgan fingerprint density at radius 1 is 0.903 bits per heavy atom. The van der Waals surface area contributed by atoms with E-state index in [2.05, 4.69) is 43.3 Å². The third-order valence-electron chi connectivity index (χ3n) is 7.33. The van der Waals surface area contributed by atoms with Crippen LogP contribution in [0.15, 0.2) is 66.8 Å². The minimum atomic E-state index is -0.232. The Balaban J connectivity index is 1.40. The first-order valence-corrected chi connectivity index (χ1v) is 11.9. The Labute approximate surface area is 187 Å². The number of benzene rings is 2. The van der Waals surface area contributed by atoms with E-state index < -0.39 is 0 Å². The molecule has 0 amide bonds. The summed E-state index contributed by atoms with van der Waals surface area (Å²) in [5, 5.41) is 0. The molecule has 0 aromatic heterocycles. The van der Waals surface area contributed by atoms with E-state index in [-0.39, 0.29) is 5.82 Å². The molecule has 2 aromatic carbocycles. The summed E-state index contributed by atoms with van der Waals surface area (Å²) in [4.78, 5) is 0. The Hall–Kier alpha value is -2.35. The number of fused-ring (bicyclic) bond motifs is 1. The van der Waals surface area contributed by atoms with E-state index >= 15 is 0 Å². The molecule has 2 aliphatic rings. The van der Waals surface area contributed by atoms with Gasteiger partial charge >= 0.3 is 0 Å². The van der Waals surface area contributed by atoms with Crippen molar-refractivity contribution in [3.63, 3.8) is 0 Å². The number of hydrogen-bond donors (Lipinski definition) is 0. The third-order valence-corrected chi connectivity index (χ3v) is 7.33. The second-order valence-electron chi connectivity index (χ2n) is 9.27. The summed E-state index contributed by atoms with van der Waals surface area (Å²) >= 11 is 0. The first kappa shape index (κ1) is 21.9. The minimum Gasteiger partial charge on any atom is -0.489 e. The standard InChI is InChI=1S/C29H35FO/c1-3-5-17-31-27-15-16-28(29(30)20-27)23-11-9-22(10-12-23)25-14-13-24-18-21(6-4-2)7-8-26(24)19-25/h3-6,9-12,15-16,20-21,24-26H,7-8,13-14,17-19H2,1-2H3/b5-3+,6-4+. The van der Waals surface area contributed by atoms with Gasteiger partial charge in [-0.3, -0.25) is 0 Å². The Morgan fingerprint density at radius 2 is 1.68 bits per heavy atom. The van der Waals surface area contributed by atoms with E-state index in [4.69, 9.17) is 4.74 Å². The molecular formula is C29H35FO. The zero-order chi connectivity index (χ0) is 21.6. The number of halogens is 1. The van der Waals surface area contributed by atoms with Crippen molar-refractivity contribution in [2.75, 3.05) is 6.61 Å². The second-order valence-corrected chi connectivity index (χ2v) is 9.27. The first-order chi connectivity index (χ1) is 15.2. The zero-order valence-electron chi connectivity index (χ0n) is 18.9. The maximum atomic E-state index is 14.7. The summed E-state index contributed by atoms with van der Waals surface area (Å²) in [6.45, 7) is 4.55. The molecule has 2 saturated carbocycles. The van der Waals surface area contributed by atoms with Crippen LogP contribution in [0.1, 0.15) is 63.9 Å². The van der Waals surface area contributed by atoms with Crippen molar-refractivity contribution >= 4 is 0 Å². The van der Waals surface area contributed by atoms with Crippen LogP contribution in [0.5, 0.6) is 5.75 Å². The van der Waals surface area contributed by atoms with Gasteiger partial charge in [0.2, 0.25) is 0 Å². The highest BCUT2D eigenvalue weighted by atomic mass is 19.1. The van der Waals surface area contributed by atoms with Crippen molar-refractivity contribution in [3.05, 3.63) is 78.1 Å². The largest absolute Gasteiger partial charge is 0.489 e. The van der Waals surface area contributed by atoms with Gasteiger partial charge in [-0.1, -0.05) is 48.6 Å². The van der Waals surface area contributed by atoms with Gasteiger partial charge in [0.25, 0.3) is 0 Å². The zero-order valence-corrected chi connectivity index (χ0v) is 18.9. The van der Waals surface area contributed by atoms with E-state index in [1.54, 1.807) is 0 Å². The van der Waals surface area contributed by atoms with Crippen LogP contribution in [0, 0.1) is 23.6 Å². The van der Waals surface area contributed by atoms with Gasteiger partial charge in [-0.25, -0.2) is 4.39 Å². The Morgan fingerprint density at radius 3 is 2.42 bits per heavy atom. The second kappa shape index (κ2) is 10.3. The van der Waals surface area contributed by atoms with Gasteiger partial charge in [0.15, 0.2) is 0 Å². The van der Waals surface area contributed by atoms with Gasteiger partial charge in [-0.2, -0.15) is 0 Å². The SMILES string of the molecule is C/C=C/COc1ccc(-c2ccc(C3CCC4CC(/C=C/C)CCC4C3)cc2)c(F)c1. The molecule has 0 radical (unpaired) electrons. The average Bonchev–Trinajstić information content (AvgIpc) is 2.79. The van der Waals surface area contributed by atoms with Crippen molar-refractivity contribution < 1.29 is 9.13 Å². The first-order valence-electron chi connectivity index (χ1n) is 11.9. The summed E-state index contributed by atoms with van der Waals surface area (Å²) in [7, 11) is 0. The van der Waals surface area contributed by atoms with Gasteiger partial charge in [0.05, 0.1) is 0 Å². The molecule has 0 bridgehead atoms. The van der Waals surface area contributed by atoms with Gasteiger partial charge in [0.1, 0.15) is 18.2 Å². The van der Waals surface area contributed by atoms with Gasteiger partial charge < -0.3 is 4.74 Å². The van der Waals surface area contributed by atoms with Crippen molar-refractivity contribution in [1.29, 1.82) is 0 Å². The summed E-state index contributed by atoms with van der Waals surface area (Å²) in [6, 6.07) is 13.8. The lowest BCUT2D eigenvalue weighted by molar-refractivity contribution is 0.133. The van der Waals surface area contributed by atoms with Crippen LogP contribution in [-0.4, -0.2) is 6.61 Å². The fourth-order valence-corrected chi connectivity index (χ4v) is 5.67. The fraction of sp³-hybridized carbons (Fsp3) is 0.448. The molecule has 4 rings (SSSR count). The van der Waals surface area contributed by atoms with Crippen LogP contribution in [-0.2, 0) is 0 Å². The molecule has 0 N–H and O–H groups in total. The van der Waals surface area contributed by atoms with Gasteiger partial charge in [0, 0.05) is 11.6 Å². The van der Waals surface area contributed by atoms with E-state index in [1.807, 2.05) is 31.2 Å². The van der Waals surface area contributed by atoms with Crippen molar-refractivity contribution in [2.24, 2.45) is 17.8 Å². The number of allylic oxidation sites excluding steroid dienone is 3. The lowest BCUT2D eigenvalue weighted by Gasteiger charge is -2.41. The van der Waals surface area contributed by atoms with Gasteiger partial charge in [-0.05, 0) is 99.3 Å². The summed E-state index contributed by atoms with van der Waals surface area (Å²) < 4.78 is 20.2. The average molecular weight is 419 g/mol. The van der Waals surface area contributed by atoms with Crippen molar-refractivity contribution in [3.8, 4) is 16.9 Å². The normalized spacial score (nSPS) is 26.3. The van der Waals surface area contributed by atoms with Crippen LogP contribution >= 0.6 is 0 Å². The summed E-state index contributed by atoms with van der Waals surface area (Å²) in [6.07, 6.45) is 16.6. The molecule has 1 nitrogen and oxygen atoms in total. The molecule has 2 fully saturated rings. The Kier molecular flexibility index (Phi) is 7.27. The molecule has 31 heavy (non-hydrogen) atoms. The van der Waals surface area contributed by atoms with Crippen LogP contribution in [0.25, 0.3) is 11.1 Å². The predicted octanol–water partition coefficient (Wildman–Crippen LogP) is 8.32. The maximum Gasteiger partial charge on any atom is 0.134 e. The molecule has 0 spiro atoms. The predicted molar refractivity (Wildman–Crippen MR) is 128 cm³/mol. The lowest BCUT2D eigenvalue weighted by atomic mass is 9.64. The maximum absolute atomic E-state index is 14.7. The highest BCUT2D eigenvalue weighted by molar-refractivity contribution is 5.65. The molecular weight excluding hydrogens is 383 g/mol. The topological polar surface area (TPSA) is 9.23 Å². The molecule has 164 valence electrons. The minimum absolute atomic E-state index is 0.232. The van der Waals surface area contributed by atoms with Gasteiger partial charge in [-0.15, -0.1) is 0 Å². The lowest BCUT2D eigenvalue weighted by Crippen LogP contribution is -2.30. The highest BCUT2D eigenvalue weighted by Crippen LogP contribution is 2.48. The number of rotatable bonds is 6. The molecule has 2 aromatic rings. The van der Waals surface area contributed by atoms with Crippen molar-refractivity contribution in [2.45, 2.75) is 58.3 Å². The quantitative estimate of drug-likeness (QED) is 0.428. The van der Waals surface area contributed by atoms with E-state index in [1.165, 1.54) is 50.2 Å². The summed E-state index contributed by atoms with van der Waals surface area (Å²) in [5.41, 5.74) is 2.99. The molecule has 4 unspecified atom stereocenters. The molecule has 4 atom stereocenters. The molecule has 0 aliphatic heterocycles. The molecule has 2 heteroatoms. The number of hydrogen-bond acceptors (Lipinski definition) is 1. The molecule has 0 heterocycles. The Bertz CT molecular complexity index is 911. The van der Waals surface area contributed by atoms with Crippen LogP contribution < -0.4 is 4.74 Å². The highest BCUT2D eigenvalue weighted by Gasteiger charge is 2.35. The molecule has 2 aliphatic carbocycles. The molecule has 0 saturated heterocycles. The van der Waals surface area contributed by atoms with E-state index in [0.717, 1.165) is 23.3 Å². The van der Waals surface area contributed by atoms with E-state index in [0.29, 0.717) is 23.8 Å². The fourth-order valence-electron chi connectivity index (χ4n) is 5.67. The monoisotopic (exact) mass is 418 g/mol.